The van der Waals surface area contributed by atoms with Crippen LogP contribution in [-0.4, -0.2) is 113 Å². The molecule has 0 unspecified atom stereocenters. The Hall–Kier alpha value is -2.59. The lowest BCUT2D eigenvalue weighted by Crippen LogP contribution is -2.43. The largest absolute Gasteiger partial charge is 0.480 e. The number of hydrogen-bond donors (Lipinski definition) is 5. The first-order valence-corrected chi connectivity index (χ1v) is 8.68. The fraction of sp³-hybridized carbons (Fsp3) is 0.538. The Balaban J connectivity index is 0. The smallest absolute Gasteiger partial charge is 0.397 e. The van der Waals surface area contributed by atoms with Crippen LogP contribution in [-0.2, 0) is 33.8 Å². The predicted molar refractivity (Wildman–Crippen MR) is 91.1 cm³/mol. The van der Waals surface area contributed by atoms with Crippen LogP contribution in [0.3, 0.4) is 0 Å². The Morgan fingerprint density at radius 3 is 1.21 bits per heavy atom. The molecule has 14 nitrogen and oxygen atoms in total. The van der Waals surface area contributed by atoms with Gasteiger partial charge in [0.2, 0.25) is 0 Å². The molecule has 0 aromatic heterocycles. The van der Waals surface area contributed by atoms with E-state index in [1.54, 1.807) is 0 Å². The average Bonchev–Trinajstić information content (AvgIpc) is 2.48. The predicted octanol–water partition coefficient (Wildman–Crippen LogP) is -2.08. The Bertz CT molecular complexity index is 580. The number of carbonyl (C=O) groups is 4. The van der Waals surface area contributed by atoms with Gasteiger partial charge in [-0.3, -0.25) is 33.5 Å². The Morgan fingerprint density at radius 1 is 0.786 bits per heavy atom. The van der Waals surface area contributed by atoms with Crippen molar-refractivity contribution >= 4 is 34.3 Å². The quantitative estimate of drug-likeness (QED) is 0.147. The van der Waals surface area contributed by atoms with Gasteiger partial charge in [0.05, 0.1) is 32.8 Å². The zero-order valence-electron chi connectivity index (χ0n) is 14.6. The topological polar surface area (TPSA) is 219 Å². The summed E-state index contributed by atoms with van der Waals surface area (Å²) in [6, 6.07) is 0. The van der Waals surface area contributed by atoms with Gasteiger partial charge in [-0.05, 0) is 0 Å². The molecule has 0 aliphatic heterocycles. The molecule has 5 N–H and O–H groups in total. The molecule has 0 heterocycles. The summed E-state index contributed by atoms with van der Waals surface area (Å²) in [6.45, 7) is 0.717. The molecule has 0 spiro atoms. The highest BCUT2D eigenvalue weighted by molar-refractivity contribution is 7.80. The van der Waals surface area contributed by atoms with Gasteiger partial charge in [0.25, 0.3) is 0 Å². The second-order valence-corrected chi connectivity index (χ2v) is 6.09. The molecule has 0 aromatic rings. The van der Waals surface area contributed by atoms with Crippen LogP contribution in [0.4, 0.5) is 0 Å². The van der Waals surface area contributed by atoms with Crippen molar-refractivity contribution in [3.8, 4) is 0 Å². The fourth-order valence-electron chi connectivity index (χ4n) is 1.61. The second kappa shape index (κ2) is 14.5. The molecular weight excluding hydrogens is 408 g/mol. The van der Waals surface area contributed by atoms with Crippen LogP contribution in [0.1, 0.15) is 0 Å². The van der Waals surface area contributed by atoms with Gasteiger partial charge in [-0.25, -0.2) is 4.18 Å². The summed E-state index contributed by atoms with van der Waals surface area (Å²) >= 11 is 0. The van der Waals surface area contributed by atoms with E-state index in [4.69, 9.17) is 25.0 Å². The number of hydrogen-bond acceptors (Lipinski definition) is 9. The van der Waals surface area contributed by atoms with Crippen molar-refractivity contribution in [2.45, 2.75) is 0 Å². The minimum atomic E-state index is -4.26. The molecule has 0 aromatic carbocycles. The van der Waals surface area contributed by atoms with E-state index in [1.165, 1.54) is 6.08 Å². The monoisotopic (exact) mass is 430 g/mol. The van der Waals surface area contributed by atoms with Gasteiger partial charge in [-0.2, -0.15) is 8.42 Å². The van der Waals surface area contributed by atoms with Crippen LogP contribution in [0.5, 0.6) is 0 Å². The highest BCUT2D eigenvalue weighted by atomic mass is 32.3. The maximum absolute atomic E-state index is 10.6. The minimum absolute atomic E-state index is 0.0703. The van der Waals surface area contributed by atoms with Crippen molar-refractivity contribution in [1.29, 1.82) is 0 Å². The average molecular weight is 430 g/mol. The van der Waals surface area contributed by atoms with Crippen LogP contribution < -0.4 is 0 Å². The summed E-state index contributed by atoms with van der Waals surface area (Å²) in [4.78, 5) is 44.4. The van der Waals surface area contributed by atoms with Crippen molar-refractivity contribution in [1.82, 2.24) is 9.80 Å². The highest BCUT2D eigenvalue weighted by Crippen LogP contribution is 1.94. The Labute approximate surface area is 160 Å². The molecule has 0 atom stereocenters. The molecule has 162 valence electrons. The third kappa shape index (κ3) is 21.5. The summed E-state index contributed by atoms with van der Waals surface area (Å²) in [5.41, 5.74) is 0. The van der Waals surface area contributed by atoms with Gasteiger partial charge in [0, 0.05) is 13.1 Å². The lowest BCUT2D eigenvalue weighted by atomic mass is 10.4. The van der Waals surface area contributed by atoms with Gasteiger partial charge >= 0.3 is 34.3 Å². The summed E-state index contributed by atoms with van der Waals surface area (Å²) in [7, 11) is -4.26. The number of nitrogens with zero attached hydrogens (tertiary/aromatic N) is 2. The van der Waals surface area contributed by atoms with E-state index in [1.807, 2.05) is 0 Å². The number of carboxylic acid groups (broad SMARTS) is 4. The number of carboxylic acids is 4. The summed E-state index contributed by atoms with van der Waals surface area (Å²) < 4.78 is 31.0. The molecule has 0 saturated carbocycles. The lowest BCUT2D eigenvalue weighted by Gasteiger charge is -2.23. The van der Waals surface area contributed by atoms with E-state index in [9.17, 15) is 27.6 Å². The third-order valence-corrected chi connectivity index (χ3v) is 2.94. The second-order valence-electron chi connectivity index (χ2n) is 5.00. The van der Waals surface area contributed by atoms with E-state index in [0.717, 1.165) is 9.80 Å². The number of aliphatic carboxylic acids is 4. The maximum atomic E-state index is 10.6. The molecule has 0 fully saturated rings. The van der Waals surface area contributed by atoms with E-state index >= 15 is 0 Å². The molecule has 28 heavy (non-hydrogen) atoms. The lowest BCUT2D eigenvalue weighted by molar-refractivity contribution is -0.145. The van der Waals surface area contributed by atoms with Gasteiger partial charge in [0.1, 0.15) is 0 Å². The normalized spacial score (nSPS) is 10.8. The van der Waals surface area contributed by atoms with E-state index in [0.29, 0.717) is 0 Å². The molecule has 0 amide bonds. The summed E-state index contributed by atoms with van der Waals surface area (Å²) in [6.07, 6.45) is 1.22. The molecular formula is C13H22N2O12S. The molecule has 0 aliphatic rings. The van der Waals surface area contributed by atoms with Crippen molar-refractivity contribution in [2.75, 3.05) is 45.9 Å². The van der Waals surface area contributed by atoms with Gasteiger partial charge in [-0.15, -0.1) is 6.58 Å². The molecule has 0 bridgehead atoms. The van der Waals surface area contributed by atoms with E-state index in [-0.39, 0.29) is 19.7 Å². The SMILES string of the molecule is C=CCOS(=O)(=O)O.O=C(O)CN(CCN(CC(=O)O)CC(=O)O)CC(=O)O. The van der Waals surface area contributed by atoms with Crippen LogP contribution in [0.2, 0.25) is 0 Å². The first kappa shape index (κ1) is 27.6. The third-order valence-electron chi connectivity index (χ3n) is 2.50. The van der Waals surface area contributed by atoms with Crippen LogP contribution in [0.25, 0.3) is 0 Å². The Kier molecular flexibility index (Phi) is 14.3. The first-order chi connectivity index (χ1) is 12.8. The molecule has 0 aliphatic carbocycles. The van der Waals surface area contributed by atoms with E-state index in [2.05, 4.69) is 10.8 Å². The summed E-state index contributed by atoms with van der Waals surface area (Å²) in [5, 5.41) is 34.5. The van der Waals surface area contributed by atoms with Gasteiger partial charge in [0.15, 0.2) is 0 Å². The molecule has 15 heteroatoms. The van der Waals surface area contributed by atoms with Gasteiger partial charge < -0.3 is 20.4 Å². The van der Waals surface area contributed by atoms with Crippen LogP contribution >= 0.6 is 0 Å². The van der Waals surface area contributed by atoms with Crippen LogP contribution in [0, 0.1) is 0 Å². The van der Waals surface area contributed by atoms with Crippen LogP contribution in [0.15, 0.2) is 12.7 Å². The van der Waals surface area contributed by atoms with E-state index < -0.39 is 60.5 Å². The summed E-state index contributed by atoms with van der Waals surface area (Å²) in [5.74, 6) is -4.91. The standard InChI is InChI=1S/C10H16N2O8.C3H6O4S/c13-7(14)3-11(4-8(15)16)1-2-12(5-9(17)18)6-10(19)20;1-2-3-7-8(4,5)6/h1-6H2,(H,13,14)(H,15,16)(H,17,18)(H,19,20);2H,1,3H2,(H,4,5,6). The van der Waals surface area contributed by atoms with Gasteiger partial charge in [-0.1, -0.05) is 6.08 Å². The molecule has 0 rings (SSSR count). The molecule has 0 radical (unpaired) electrons. The van der Waals surface area contributed by atoms with Crippen molar-refractivity contribution in [3.05, 3.63) is 12.7 Å². The first-order valence-electron chi connectivity index (χ1n) is 7.31. The fourth-order valence-corrected chi connectivity index (χ4v) is 1.88. The van der Waals surface area contributed by atoms with Crippen molar-refractivity contribution in [3.63, 3.8) is 0 Å². The van der Waals surface area contributed by atoms with Crippen molar-refractivity contribution in [2.24, 2.45) is 0 Å². The van der Waals surface area contributed by atoms with Crippen molar-refractivity contribution < 1.29 is 56.8 Å². The molecule has 0 saturated heterocycles. The highest BCUT2D eigenvalue weighted by Gasteiger charge is 2.18. The zero-order chi connectivity index (χ0) is 22.3. The number of rotatable bonds is 14. The Morgan fingerprint density at radius 2 is 1.07 bits per heavy atom. The maximum Gasteiger partial charge on any atom is 0.397 e. The minimum Gasteiger partial charge on any atom is -0.480 e. The zero-order valence-corrected chi connectivity index (χ0v) is 15.4.